The number of nitrogens with one attached hydrogen (secondary N) is 2. The van der Waals surface area contributed by atoms with E-state index in [0.717, 1.165) is 28.1 Å². The summed E-state index contributed by atoms with van der Waals surface area (Å²) >= 11 is 5.95. The van der Waals surface area contributed by atoms with Crippen LogP contribution in [0.4, 0.5) is 5.82 Å². The maximum absolute atomic E-state index is 12.7. The summed E-state index contributed by atoms with van der Waals surface area (Å²) in [5.41, 5.74) is 2.67. The lowest BCUT2D eigenvalue weighted by Gasteiger charge is -2.33. The first-order chi connectivity index (χ1) is 15.4. The Morgan fingerprint density at radius 1 is 1.19 bits per heavy atom. The standard InChI is InChI=1S/C21H22ClN7O2S/c1-28-12-14(11-25-28)19-10-18-20(26-19)23-13-24-21(18)29-7-5-16(6-8-29)27-32(30,31)17-4-2-3-15(22)9-17/h2-4,9-13,16,27H,5-8H2,1H3,(H,23,24,26). The molecule has 0 bridgehead atoms. The number of benzene rings is 1. The lowest BCUT2D eigenvalue weighted by molar-refractivity contribution is 0.459. The Morgan fingerprint density at radius 3 is 2.72 bits per heavy atom. The van der Waals surface area contributed by atoms with E-state index in [2.05, 4.69) is 29.7 Å². The number of sulfonamides is 1. The summed E-state index contributed by atoms with van der Waals surface area (Å²) < 4.78 is 30.0. The second-order valence-electron chi connectivity index (χ2n) is 7.89. The van der Waals surface area contributed by atoms with Gasteiger partial charge in [0.1, 0.15) is 17.8 Å². The maximum atomic E-state index is 12.7. The van der Waals surface area contributed by atoms with Crippen LogP contribution in [0.5, 0.6) is 0 Å². The molecule has 166 valence electrons. The smallest absolute Gasteiger partial charge is 0.240 e. The molecule has 0 unspecified atom stereocenters. The van der Waals surface area contributed by atoms with Crippen LogP contribution in [0.1, 0.15) is 12.8 Å². The van der Waals surface area contributed by atoms with Crippen LogP contribution in [0.2, 0.25) is 5.02 Å². The highest BCUT2D eigenvalue weighted by Gasteiger charge is 2.26. The second-order valence-corrected chi connectivity index (χ2v) is 10.0. The third-order valence-electron chi connectivity index (χ3n) is 5.64. The molecule has 1 fully saturated rings. The third kappa shape index (κ3) is 4.08. The van der Waals surface area contributed by atoms with Crippen molar-refractivity contribution < 1.29 is 8.42 Å². The van der Waals surface area contributed by atoms with E-state index in [4.69, 9.17) is 11.6 Å². The Morgan fingerprint density at radius 2 is 2.00 bits per heavy atom. The monoisotopic (exact) mass is 471 g/mol. The van der Waals surface area contributed by atoms with Gasteiger partial charge in [0.2, 0.25) is 10.0 Å². The highest BCUT2D eigenvalue weighted by Crippen LogP contribution is 2.30. The molecule has 0 saturated carbocycles. The molecule has 0 aliphatic carbocycles. The van der Waals surface area contributed by atoms with Gasteiger partial charge in [0.25, 0.3) is 0 Å². The van der Waals surface area contributed by atoms with E-state index in [1.54, 1.807) is 35.4 Å². The van der Waals surface area contributed by atoms with Crippen LogP contribution in [-0.4, -0.2) is 52.3 Å². The van der Waals surface area contributed by atoms with Gasteiger partial charge in [-0.3, -0.25) is 4.68 Å². The molecule has 4 aromatic rings. The number of rotatable bonds is 5. The molecule has 0 amide bonds. The Hall–Kier alpha value is -2.95. The summed E-state index contributed by atoms with van der Waals surface area (Å²) in [6, 6.07) is 8.19. The van der Waals surface area contributed by atoms with E-state index >= 15 is 0 Å². The zero-order valence-electron chi connectivity index (χ0n) is 17.4. The van der Waals surface area contributed by atoms with Crippen molar-refractivity contribution in [2.75, 3.05) is 18.0 Å². The number of H-pyrrole nitrogens is 1. The van der Waals surface area contributed by atoms with Crippen LogP contribution in [0.15, 0.2) is 53.9 Å². The highest BCUT2D eigenvalue weighted by atomic mass is 35.5. The molecule has 0 atom stereocenters. The number of nitrogens with zero attached hydrogens (tertiary/aromatic N) is 5. The SMILES string of the molecule is Cn1cc(-c2cc3c(N4CCC(NS(=O)(=O)c5cccc(Cl)c5)CC4)ncnc3[nH]2)cn1. The van der Waals surface area contributed by atoms with Gasteiger partial charge in [0.05, 0.1) is 22.2 Å². The molecule has 5 rings (SSSR count). The molecule has 1 aromatic carbocycles. The van der Waals surface area contributed by atoms with Crippen molar-refractivity contribution in [1.82, 2.24) is 29.5 Å². The van der Waals surface area contributed by atoms with Crippen LogP contribution in [0, 0.1) is 0 Å². The summed E-state index contributed by atoms with van der Waals surface area (Å²) in [5.74, 6) is 0.845. The van der Waals surface area contributed by atoms with Crippen molar-refractivity contribution >= 4 is 38.5 Å². The minimum Gasteiger partial charge on any atom is -0.356 e. The van der Waals surface area contributed by atoms with Gasteiger partial charge in [-0.15, -0.1) is 0 Å². The van der Waals surface area contributed by atoms with Crippen molar-refractivity contribution in [3.63, 3.8) is 0 Å². The Kier molecular flexibility index (Phi) is 5.36. The summed E-state index contributed by atoms with van der Waals surface area (Å²) in [7, 11) is -1.74. The van der Waals surface area contributed by atoms with Gasteiger partial charge in [-0.1, -0.05) is 17.7 Å². The van der Waals surface area contributed by atoms with Crippen molar-refractivity contribution in [3.05, 3.63) is 54.1 Å². The topological polar surface area (TPSA) is 109 Å². The van der Waals surface area contributed by atoms with Crippen molar-refractivity contribution in [1.29, 1.82) is 0 Å². The highest BCUT2D eigenvalue weighted by molar-refractivity contribution is 7.89. The molecule has 9 nitrogen and oxygen atoms in total. The number of aromatic nitrogens is 5. The Bertz CT molecular complexity index is 1370. The molecule has 1 aliphatic rings. The molecular weight excluding hydrogens is 450 g/mol. The largest absolute Gasteiger partial charge is 0.356 e. The summed E-state index contributed by atoms with van der Waals surface area (Å²) in [6.07, 6.45) is 6.64. The Labute approximate surface area is 190 Å². The molecule has 3 aromatic heterocycles. The predicted molar refractivity (Wildman–Crippen MR) is 123 cm³/mol. The lowest BCUT2D eigenvalue weighted by atomic mass is 10.1. The summed E-state index contributed by atoms with van der Waals surface area (Å²) in [6.45, 7) is 1.37. The molecule has 0 radical (unpaired) electrons. The van der Waals surface area contributed by atoms with Crippen molar-refractivity contribution in [2.45, 2.75) is 23.8 Å². The zero-order valence-corrected chi connectivity index (χ0v) is 18.9. The predicted octanol–water partition coefficient (Wildman–Crippen LogP) is 2.96. The number of halogens is 1. The van der Waals surface area contributed by atoms with Gasteiger partial charge in [0.15, 0.2) is 0 Å². The maximum Gasteiger partial charge on any atom is 0.240 e. The molecule has 4 heterocycles. The van der Waals surface area contributed by atoms with Crippen LogP contribution in [-0.2, 0) is 17.1 Å². The van der Waals surface area contributed by atoms with E-state index in [0.29, 0.717) is 31.0 Å². The molecule has 1 aliphatic heterocycles. The normalized spacial score (nSPS) is 15.5. The number of anilines is 1. The first kappa shape index (κ1) is 20.9. The van der Waals surface area contributed by atoms with Crippen molar-refractivity contribution in [3.8, 4) is 11.3 Å². The first-order valence-corrected chi connectivity index (χ1v) is 12.1. The average Bonchev–Trinajstić information content (AvgIpc) is 3.40. The fourth-order valence-electron chi connectivity index (χ4n) is 4.03. The molecular formula is C21H22ClN7O2S. The second kappa shape index (κ2) is 8.19. The number of hydrogen-bond acceptors (Lipinski definition) is 6. The first-order valence-electron chi connectivity index (χ1n) is 10.2. The molecule has 2 N–H and O–H groups in total. The van der Waals surface area contributed by atoms with Crippen LogP contribution < -0.4 is 9.62 Å². The van der Waals surface area contributed by atoms with Crippen LogP contribution >= 0.6 is 11.6 Å². The average molecular weight is 472 g/mol. The van der Waals surface area contributed by atoms with E-state index in [-0.39, 0.29) is 10.9 Å². The number of piperidine rings is 1. The van der Waals surface area contributed by atoms with E-state index in [1.165, 1.54) is 6.07 Å². The Balaban J connectivity index is 1.31. The van der Waals surface area contributed by atoms with Gasteiger partial charge in [-0.2, -0.15) is 5.10 Å². The minimum atomic E-state index is -3.62. The fourth-order valence-corrected chi connectivity index (χ4v) is 5.63. The quantitative estimate of drug-likeness (QED) is 0.463. The molecule has 11 heteroatoms. The fraction of sp³-hybridized carbons (Fsp3) is 0.286. The van der Waals surface area contributed by atoms with Gasteiger partial charge >= 0.3 is 0 Å². The van der Waals surface area contributed by atoms with Crippen LogP contribution in [0.3, 0.4) is 0 Å². The summed E-state index contributed by atoms with van der Waals surface area (Å²) in [4.78, 5) is 14.6. The number of aromatic amines is 1. The molecule has 32 heavy (non-hydrogen) atoms. The van der Waals surface area contributed by atoms with Gasteiger partial charge in [-0.05, 0) is 37.1 Å². The van der Waals surface area contributed by atoms with E-state index < -0.39 is 10.0 Å². The summed E-state index contributed by atoms with van der Waals surface area (Å²) in [5, 5.41) is 5.56. The van der Waals surface area contributed by atoms with Crippen molar-refractivity contribution in [2.24, 2.45) is 7.05 Å². The van der Waals surface area contributed by atoms with Gasteiger partial charge < -0.3 is 9.88 Å². The minimum absolute atomic E-state index is 0.148. The van der Waals surface area contributed by atoms with Crippen LogP contribution in [0.25, 0.3) is 22.3 Å². The van der Waals surface area contributed by atoms with Gasteiger partial charge in [0, 0.05) is 43.0 Å². The van der Waals surface area contributed by atoms with E-state index in [9.17, 15) is 8.42 Å². The number of aryl methyl sites for hydroxylation is 1. The third-order valence-corrected chi connectivity index (χ3v) is 7.40. The number of hydrogen-bond donors (Lipinski definition) is 2. The molecule has 0 spiro atoms. The number of fused-ring (bicyclic) bond motifs is 1. The van der Waals surface area contributed by atoms with Gasteiger partial charge in [-0.25, -0.2) is 23.1 Å². The van der Waals surface area contributed by atoms with E-state index in [1.807, 2.05) is 19.3 Å². The molecule has 1 saturated heterocycles. The lowest BCUT2D eigenvalue weighted by Crippen LogP contribution is -2.44. The zero-order chi connectivity index (χ0) is 22.3.